The Balaban J connectivity index is 1.40. The molecule has 0 bridgehead atoms. The van der Waals surface area contributed by atoms with Gasteiger partial charge in [-0.3, -0.25) is 0 Å². The zero-order valence-electron chi connectivity index (χ0n) is 10.9. The molecular formula is C12H16I2N2O4. The maximum atomic E-state index is 12.4. The number of esters is 1. The number of hydrogen-bond acceptors (Lipinski definition) is 6. The molecule has 8 heteroatoms. The van der Waals surface area contributed by atoms with Gasteiger partial charge in [-0.25, -0.2) is 0 Å². The van der Waals surface area contributed by atoms with Gasteiger partial charge in [0.2, 0.25) is 0 Å². The monoisotopic (exact) mass is 506 g/mol. The number of nitrogens with one attached hydrogen (secondary N) is 2. The van der Waals surface area contributed by atoms with Gasteiger partial charge in [0.25, 0.3) is 0 Å². The summed E-state index contributed by atoms with van der Waals surface area (Å²) in [6.07, 6.45) is 2.14. The van der Waals surface area contributed by atoms with E-state index in [1.165, 1.54) is 0 Å². The molecule has 5 fully saturated rings. The van der Waals surface area contributed by atoms with Crippen molar-refractivity contribution in [2.45, 2.75) is 57.0 Å². The molecule has 1 spiro atoms. The van der Waals surface area contributed by atoms with E-state index in [2.05, 4.69) is 29.7 Å². The minimum atomic E-state index is -1.15. The van der Waals surface area contributed by atoms with Gasteiger partial charge in [-0.2, -0.15) is 0 Å². The van der Waals surface area contributed by atoms with Crippen molar-refractivity contribution in [2.24, 2.45) is 5.41 Å². The van der Waals surface area contributed by atoms with Crippen molar-refractivity contribution < 1.29 is 19.7 Å². The normalized spacial score (nSPS) is 58.7. The van der Waals surface area contributed by atoms with Crippen LogP contribution in [0.5, 0.6) is 0 Å². The van der Waals surface area contributed by atoms with Gasteiger partial charge < -0.3 is 0 Å². The van der Waals surface area contributed by atoms with Crippen LogP contribution in [-0.2, 0) is 9.53 Å². The Morgan fingerprint density at radius 1 is 1.30 bits per heavy atom. The van der Waals surface area contributed by atoms with Crippen molar-refractivity contribution in [3.05, 3.63) is 0 Å². The molecule has 5 aliphatic rings. The summed E-state index contributed by atoms with van der Waals surface area (Å²) >= 11 is 0.994. The van der Waals surface area contributed by atoms with Crippen molar-refractivity contribution in [3.63, 3.8) is 0 Å². The van der Waals surface area contributed by atoms with Gasteiger partial charge in [-0.15, -0.1) is 0 Å². The topological polar surface area (TPSA) is 111 Å². The molecule has 0 radical (unpaired) electrons. The van der Waals surface area contributed by atoms with Crippen molar-refractivity contribution in [1.29, 1.82) is 0 Å². The molecule has 5 unspecified atom stereocenters. The molecule has 112 valence electrons. The Morgan fingerprint density at radius 3 is 2.45 bits per heavy atom. The predicted molar refractivity (Wildman–Crippen MR) is 86.1 cm³/mol. The van der Waals surface area contributed by atoms with Crippen LogP contribution in [0.2, 0.25) is 0 Å². The number of aliphatic hydroxyl groups is 2. The van der Waals surface area contributed by atoms with E-state index in [4.69, 9.17) is 4.74 Å². The molecule has 4 N–H and O–H groups in total. The van der Waals surface area contributed by atoms with Crippen LogP contribution in [0.3, 0.4) is 0 Å². The van der Waals surface area contributed by atoms with Crippen LogP contribution in [0, 0.1) is 5.41 Å². The molecule has 6 nitrogen and oxygen atoms in total. The number of ether oxygens (including phenoxy) is 1. The first-order valence-electron chi connectivity index (χ1n) is 6.75. The maximum absolute atomic E-state index is 12.4. The zero-order chi connectivity index (χ0) is 14.2. The average Bonchev–Trinajstić information content (AvgIpc) is 3.14. The van der Waals surface area contributed by atoms with Crippen LogP contribution < -0.4 is 7.06 Å². The second-order valence-electron chi connectivity index (χ2n) is 7.28. The summed E-state index contributed by atoms with van der Waals surface area (Å²) in [5, 5.41) is 20.7. The number of fused-ring (bicyclic) bond motifs is 1. The summed E-state index contributed by atoms with van der Waals surface area (Å²) in [5.74, 6) is -0.200. The van der Waals surface area contributed by atoms with Crippen LogP contribution in [-0.4, -0.2) is 40.6 Å². The molecule has 2 heterocycles. The fourth-order valence-corrected chi connectivity index (χ4v) is 12.1. The number of alkyl halides is 2. The van der Waals surface area contributed by atoms with E-state index in [1.807, 2.05) is 0 Å². The Labute approximate surface area is 137 Å². The van der Waals surface area contributed by atoms with Crippen molar-refractivity contribution in [1.82, 2.24) is 7.06 Å². The van der Waals surface area contributed by atoms with Gasteiger partial charge in [0.1, 0.15) is 0 Å². The SMILES string of the molecule is CC1(O)CC2(OC(=O)C(I)C34NI3N4)CC3(O)CC32C1. The van der Waals surface area contributed by atoms with Crippen LogP contribution in [0.25, 0.3) is 0 Å². The third-order valence-corrected chi connectivity index (χ3v) is 12.9. The molecule has 5 atom stereocenters. The molecule has 3 saturated carbocycles. The summed E-state index contributed by atoms with van der Waals surface area (Å²) in [7, 11) is 0. The Bertz CT molecular complexity index is 566. The third kappa shape index (κ3) is 1.29. The van der Waals surface area contributed by atoms with Gasteiger partial charge >= 0.3 is 138 Å². The summed E-state index contributed by atoms with van der Waals surface area (Å²) < 4.78 is 12.3. The average molecular weight is 506 g/mol. The van der Waals surface area contributed by atoms with Crippen LogP contribution in [0.1, 0.15) is 32.6 Å². The Morgan fingerprint density at radius 2 is 1.95 bits per heavy atom. The molecule has 20 heavy (non-hydrogen) atoms. The Hall–Kier alpha value is 0.770. The van der Waals surface area contributed by atoms with Gasteiger partial charge in [-0.1, -0.05) is 0 Å². The summed E-state index contributed by atoms with van der Waals surface area (Å²) in [4.78, 5) is 12.4. The summed E-state index contributed by atoms with van der Waals surface area (Å²) in [6.45, 7) is 1.78. The molecule has 5 rings (SSSR count). The molecular weight excluding hydrogens is 490 g/mol. The van der Waals surface area contributed by atoms with Gasteiger partial charge in [0, 0.05) is 0 Å². The third-order valence-electron chi connectivity index (χ3n) is 5.70. The summed E-state index contributed by atoms with van der Waals surface area (Å²) in [6, 6.07) is 0. The molecule has 0 amide bonds. The second-order valence-corrected chi connectivity index (χ2v) is 12.9. The number of carbonyl (C=O) groups is 1. The zero-order valence-corrected chi connectivity index (χ0v) is 15.2. The van der Waals surface area contributed by atoms with E-state index < -0.39 is 37.2 Å². The van der Waals surface area contributed by atoms with Gasteiger partial charge in [0.05, 0.1) is 0 Å². The number of halogens is 2. The molecule has 2 saturated heterocycles. The van der Waals surface area contributed by atoms with E-state index in [1.54, 1.807) is 6.92 Å². The first-order valence-corrected chi connectivity index (χ1v) is 11.2. The molecule has 0 aromatic heterocycles. The van der Waals surface area contributed by atoms with Crippen LogP contribution in [0.4, 0.5) is 0 Å². The van der Waals surface area contributed by atoms with E-state index >= 15 is 0 Å². The van der Waals surface area contributed by atoms with Crippen molar-refractivity contribution >= 4 is 48.9 Å². The fourth-order valence-electron chi connectivity index (χ4n) is 4.76. The van der Waals surface area contributed by atoms with Gasteiger partial charge in [-0.05, 0) is 0 Å². The minimum absolute atomic E-state index is 0.0872. The van der Waals surface area contributed by atoms with Crippen LogP contribution in [0.15, 0.2) is 0 Å². The first kappa shape index (κ1) is 13.2. The van der Waals surface area contributed by atoms with Gasteiger partial charge in [0.15, 0.2) is 0 Å². The Kier molecular flexibility index (Phi) is 2.11. The number of carbonyl (C=O) groups excluding carboxylic acids is 1. The van der Waals surface area contributed by atoms with Crippen molar-refractivity contribution in [2.75, 3.05) is 0 Å². The van der Waals surface area contributed by atoms with E-state index in [-0.39, 0.29) is 19.0 Å². The van der Waals surface area contributed by atoms with Crippen LogP contribution >= 0.6 is 43.0 Å². The molecule has 2 aliphatic heterocycles. The standard InChI is InChI=1S/C12H16I2N2O4/c1-8(18)2-9-4-10(9,19)5-11(9,3-8)20-7(17)6(13)12-14(15-12)16-12/h6,15-16,18-19H,2-5H2,1H3. The summed E-state index contributed by atoms with van der Waals surface area (Å²) in [5.41, 5.74) is -2.54. The molecule has 3 aliphatic carbocycles. The van der Waals surface area contributed by atoms with Crippen molar-refractivity contribution in [3.8, 4) is 0 Å². The predicted octanol–water partition coefficient (Wildman–Crippen LogP) is 0.338. The number of hydrogen-bond donors (Lipinski definition) is 4. The molecule has 0 aromatic rings. The van der Waals surface area contributed by atoms with E-state index in [0.29, 0.717) is 25.7 Å². The fraction of sp³-hybridized carbons (Fsp3) is 0.917. The van der Waals surface area contributed by atoms with E-state index in [9.17, 15) is 15.0 Å². The first-order chi connectivity index (χ1) is 9.18. The quantitative estimate of drug-likeness (QED) is 0.110. The second kappa shape index (κ2) is 3.18. The molecule has 0 aromatic carbocycles. The number of rotatable bonds is 3. The van der Waals surface area contributed by atoms with E-state index in [0.717, 1.165) is 0 Å².